The van der Waals surface area contributed by atoms with Gasteiger partial charge in [0.05, 0.1) is 11.5 Å². The summed E-state index contributed by atoms with van der Waals surface area (Å²) < 4.78 is 6.23. The lowest BCUT2D eigenvalue weighted by molar-refractivity contribution is -0.148. The van der Waals surface area contributed by atoms with Crippen LogP contribution in [-0.4, -0.2) is 23.4 Å². The minimum atomic E-state index is -0.830. The number of rotatable bonds is 7. The summed E-state index contributed by atoms with van der Waals surface area (Å²) in [4.78, 5) is 18.6. The quantitative estimate of drug-likeness (QED) is 0.226. The number of halogens is 1. The maximum Gasteiger partial charge on any atom is 0.226 e. The molecule has 4 aliphatic carbocycles. The zero-order valence-corrected chi connectivity index (χ0v) is 21.6. The highest BCUT2D eigenvalue weighted by Crippen LogP contribution is 2.61. The molecule has 0 aliphatic heterocycles. The van der Waals surface area contributed by atoms with Gasteiger partial charge in [-0.05, 0) is 93.5 Å². The first-order valence-corrected chi connectivity index (χ1v) is 13.2. The highest BCUT2D eigenvalue weighted by molar-refractivity contribution is 6.30. The van der Waals surface area contributed by atoms with E-state index in [0.29, 0.717) is 40.9 Å². The number of benzene rings is 2. The molecular weight excluding hydrogens is 472 g/mol. The molecule has 0 aromatic heterocycles. The van der Waals surface area contributed by atoms with E-state index in [9.17, 15) is 10.1 Å². The van der Waals surface area contributed by atoms with Gasteiger partial charge in [0.15, 0.2) is 17.6 Å². The van der Waals surface area contributed by atoms with Gasteiger partial charge in [0.2, 0.25) is 5.91 Å². The second-order valence-electron chi connectivity index (χ2n) is 11.2. The van der Waals surface area contributed by atoms with E-state index in [-0.39, 0.29) is 17.4 Å². The summed E-state index contributed by atoms with van der Waals surface area (Å²) in [7, 11) is 0. The van der Waals surface area contributed by atoms with E-state index in [1.807, 2.05) is 56.3 Å². The molecular formula is C29H33ClN4O2. The zero-order chi connectivity index (χ0) is 25.3. The van der Waals surface area contributed by atoms with Crippen LogP contribution >= 0.6 is 11.6 Å². The van der Waals surface area contributed by atoms with Gasteiger partial charge in [0.25, 0.3) is 0 Å². The van der Waals surface area contributed by atoms with Crippen molar-refractivity contribution < 1.29 is 9.53 Å². The fourth-order valence-electron chi connectivity index (χ4n) is 6.84. The number of ether oxygens (including phenoxy) is 1. The molecule has 2 N–H and O–H groups in total. The summed E-state index contributed by atoms with van der Waals surface area (Å²) in [6, 6.07) is 17.3. The molecule has 2 aromatic carbocycles. The van der Waals surface area contributed by atoms with Crippen molar-refractivity contribution in [3.63, 3.8) is 0 Å². The van der Waals surface area contributed by atoms with Crippen LogP contribution in [0.5, 0.6) is 5.75 Å². The van der Waals surface area contributed by atoms with Gasteiger partial charge < -0.3 is 10.1 Å². The molecule has 4 aliphatic rings. The maximum atomic E-state index is 13.5. The number of nitriles is 1. The SMILES string of the molecule is CC(C)(Oc1ccc(Cl)cc1)C(=NC1C2CC3CC1CC(C(=O)NCc1ccccc1)(C3)C2)NC#N. The van der Waals surface area contributed by atoms with E-state index < -0.39 is 5.60 Å². The monoisotopic (exact) mass is 504 g/mol. The van der Waals surface area contributed by atoms with Gasteiger partial charge >= 0.3 is 0 Å². The van der Waals surface area contributed by atoms with Crippen molar-refractivity contribution in [3.05, 3.63) is 65.2 Å². The van der Waals surface area contributed by atoms with Crippen molar-refractivity contribution in [1.82, 2.24) is 10.6 Å². The topological polar surface area (TPSA) is 86.5 Å². The molecule has 4 saturated carbocycles. The number of hydrogen-bond acceptors (Lipinski definition) is 4. The Morgan fingerprint density at radius 2 is 1.78 bits per heavy atom. The fraction of sp³-hybridized carbons (Fsp3) is 0.483. The van der Waals surface area contributed by atoms with Gasteiger partial charge in [-0.2, -0.15) is 5.26 Å². The molecule has 2 unspecified atom stereocenters. The van der Waals surface area contributed by atoms with Gasteiger partial charge in [0, 0.05) is 11.6 Å². The molecule has 6 nitrogen and oxygen atoms in total. The number of aliphatic imine (C=N–C) groups is 1. The molecule has 0 saturated heterocycles. The number of amides is 1. The molecule has 2 aromatic rings. The lowest BCUT2D eigenvalue weighted by Gasteiger charge is -2.58. The molecule has 188 valence electrons. The van der Waals surface area contributed by atoms with Crippen molar-refractivity contribution in [3.8, 4) is 11.9 Å². The Balaban J connectivity index is 1.33. The van der Waals surface area contributed by atoms with Crippen LogP contribution in [0.2, 0.25) is 5.02 Å². The third kappa shape index (κ3) is 4.95. The number of nitrogens with one attached hydrogen (secondary N) is 2. The normalized spacial score (nSPS) is 28.9. The highest BCUT2D eigenvalue weighted by atomic mass is 35.5. The Hall–Kier alpha value is -3.04. The van der Waals surface area contributed by atoms with Gasteiger partial charge in [-0.1, -0.05) is 41.9 Å². The largest absolute Gasteiger partial charge is 0.480 e. The standard InChI is InChI=1S/C29H33ClN4O2/c1-28(2,36-24-10-8-23(30)9-11-24)26(33-18-31)34-25-21-12-20-13-22(25)16-29(14-20,15-21)27(35)32-17-19-6-4-3-5-7-19/h3-11,20-22,25H,12-17H2,1-2H3,(H,32,35)(H,33,34). The summed E-state index contributed by atoms with van der Waals surface area (Å²) >= 11 is 6.02. The Bertz CT molecular complexity index is 1160. The lowest BCUT2D eigenvalue weighted by atomic mass is 9.47. The molecule has 0 heterocycles. The molecule has 4 bridgehead atoms. The first-order chi connectivity index (χ1) is 17.3. The fourth-order valence-corrected chi connectivity index (χ4v) is 6.96. The van der Waals surface area contributed by atoms with Gasteiger partial charge in [0.1, 0.15) is 5.75 Å². The second-order valence-corrected chi connectivity index (χ2v) is 11.6. The first kappa shape index (κ1) is 24.6. The van der Waals surface area contributed by atoms with Crippen molar-refractivity contribution in [2.75, 3.05) is 0 Å². The van der Waals surface area contributed by atoms with Crippen LogP contribution in [0.3, 0.4) is 0 Å². The molecule has 0 radical (unpaired) electrons. The Kier molecular flexibility index (Phi) is 6.70. The van der Waals surface area contributed by atoms with Crippen LogP contribution in [0.4, 0.5) is 0 Å². The summed E-state index contributed by atoms with van der Waals surface area (Å²) in [6.45, 7) is 4.40. The molecule has 4 fully saturated rings. The van der Waals surface area contributed by atoms with Crippen LogP contribution in [0, 0.1) is 34.6 Å². The first-order valence-electron chi connectivity index (χ1n) is 12.8. The smallest absolute Gasteiger partial charge is 0.226 e. The van der Waals surface area contributed by atoms with Crippen molar-refractivity contribution in [2.45, 2.75) is 64.1 Å². The average Bonchev–Trinajstić information content (AvgIpc) is 2.85. The average molecular weight is 505 g/mol. The molecule has 7 heteroatoms. The zero-order valence-electron chi connectivity index (χ0n) is 20.8. The summed E-state index contributed by atoms with van der Waals surface area (Å²) in [5.41, 5.74) is -0.00788. The number of carbonyl (C=O) groups is 1. The van der Waals surface area contributed by atoms with Crippen LogP contribution in [-0.2, 0) is 11.3 Å². The second kappa shape index (κ2) is 9.78. The molecule has 1 amide bonds. The summed E-state index contributed by atoms with van der Waals surface area (Å²) in [5, 5.41) is 16.2. The third-order valence-corrected chi connectivity index (χ3v) is 8.46. The van der Waals surface area contributed by atoms with Gasteiger partial charge in [-0.15, -0.1) is 0 Å². The Morgan fingerprint density at radius 1 is 1.11 bits per heavy atom. The van der Waals surface area contributed by atoms with Crippen LogP contribution < -0.4 is 15.4 Å². The van der Waals surface area contributed by atoms with E-state index in [0.717, 1.165) is 37.7 Å². The number of amidine groups is 1. The third-order valence-electron chi connectivity index (χ3n) is 8.21. The molecule has 6 rings (SSSR count). The summed E-state index contributed by atoms with van der Waals surface area (Å²) in [5.74, 6) is 2.62. The minimum Gasteiger partial charge on any atom is -0.480 e. The van der Waals surface area contributed by atoms with Gasteiger partial charge in [-0.25, -0.2) is 0 Å². The van der Waals surface area contributed by atoms with Crippen molar-refractivity contribution in [2.24, 2.45) is 28.2 Å². The predicted molar refractivity (Wildman–Crippen MR) is 140 cm³/mol. The Labute approximate surface area is 218 Å². The van der Waals surface area contributed by atoms with E-state index >= 15 is 0 Å². The van der Waals surface area contributed by atoms with Crippen molar-refractivity contribution >= 4 is 23.3 Å². The highest BCUT2D eigenvalue weighted by Gasteiger charge is 2.58. The van der Waals surface area contributed by atoms with E-state index in [4.69, 9.17) is 21.3 Å². The van der Waals surface area contributed by atoms with Gasteiger partial charge in [-0.3, -0.25) is 15.1 Å². The number of nitrogens with zero attached hydrogens (tertiary/aromatic N) is 2. The molecule has 36 heavy (non-hydrogen) atoms. The maximum absolute atomic E-state index is 13.5. The molecule has 2 atom stereocenters. The molecule has 0 spiro atoms. The van der Waals surface area contributed by atoms with Crippen LogP contribution in [0.15, 0.2) is 59.6 Å². The predicted octanol–water partition coefficient (Wildman–Crippen LogP) is 5.48. The minimum absolute atomic E-state index is 0.0838. The lowest BCUT2D eigenvalue weighted by Crippen LogP contribution is -2.58. The number of carbonyl (C=O) groups excluding carboxylic acids is 1. The summed E-state index contributed by atoms with van der Waals surface area (Å²) in [6.07, 6.45) is 6.93. The van der Waals surface area contributed by atoms with E-state index in [2.05, 4.69) is 16.8 Å². The Morgan fingerprint density at radius 3 is 2.42 bits per heavy atom. The van der Waals surface area contributed by atoms with Crippen LogP contribution in [0.25, 0.3) is 0 Å². The van der Waals surface area contributed by atoms with Crippen LogP contribution in [0.1, 0.15) is 51.5 Å². The number of hydrogen-bond donors (Lipinski definition) is 2. The van der Waals surface area contributed by atoms with Crippen molar-refractivity contribution in [1.29, 1.82) is 5.26 Å². The van der Waals surface area contributed by atoms with E-state index in [1.54, 1.807) is 12.1 Å². The van der Waals surface area contributed by atoms with E-state index in [1.165, 1.54) is 0 Å².